The van der Waals surface area contributed by atoms with Crippen molar-refractivity contribution in [1.82, 2.24) is 19.2 Å². The molecule has 9 nitrogen and oxygen atoms in total. The van der Waals surface area contributed by atoms with Gasteiger partial charge in [-0.15, -0.1) is 0 Å². The summed E-state index contributed by atoms with van der Waals surface area (Å²) in [7, 11) is 0. The van der Waals surface area contributed by atoms with Gasteiger partial charge in [-0.1, -0.05) is 11.6 Å². The van der Waals surface area contributed by atoms with E-state index < -0.39 is 42.0 Å². The van der Waals surface area contributed by atoms with Crippen LogP contribution in [0.15, 0.2) is 36.4 Å². The number of benzene rings is 2. The van der Waals surface area contributed by atoms with Crippen molar-refractivity contribution >= 4 is 56.8 Å². The molecule has 0 aliphatic carbocycles. The highest BCUT2D eigenvalue weighted by molar-refractivity contribution is 7.13. The number of carbonyl (C=O) groups excluding carboxylic acids is 3. The zero-order valence-electron chi connectivity index (χ0n) is 19.4. The number of halogens is 3. The number of hydrogen-bond acceptors (Lipinski definition) is 7. The van der Waals surface area contributed by atoms with E-state index >= 15 is 0 Å². The fraction of sp³-hybridized carbons (Fsp3) is 0.174. The van der Waals surface area contributed by atoms with Crippen molar-refractivity contribution in [2.75, 3.05) is 11.9 Å². The van der Waals surface area contributed by atoms with Gasteiger partial charge in [-0.25, -0.2) is 18.6 Å². The van der Waals surface area contributed by atoms with Gasteiger partial charge in [0.15, 0.2) is 5.82 Å². The van der Waals surface area contributed by atoms with Gasteiger partial charge in [-0.2, -0.15) is 4.37 Å². The summed E-state index contributed by atoms with van der Waals surface area (Å²) in [5, 5.41) is 5.16. The van der Waals surface area contributed by atoms with E-state index in [2.05, 4.69) is 20.0 Å². The summed E-state index contributed by atoms with van der Waals surface area (Å²) in [6.07, 6.45) is 0. The van der Waals surface area contributed by atoms with Gasteiger partial charge in [-0.3, -0.25) is 9.59 Å². The van der Waals surface area contributed by atoms with Gasteiger partial charge in [0.1, 0.15) is 23.9 Å². The van der Waals surface area contributed by atoms with Crippen molar-refractivity contribution < 1.29 is 29.3 Å². The Bertz CT molecular complexity index is 1610. The molecule has 0 radical (unpaired) electrons. The van der Waals surface area contributed by atoms with Crippen LogP contribution in [0.1, 0.15) is 46.7 Å². The molecule has 3 heterocycles. The van der Waals surface area contributed by atoms with Gasteiger partial charge in [-0.05, 0) is 54.9 Å². The zero-order valence-corrected chi connectivity index (χ0v) is 20.0. The molecule has 0 bridgehead atoms. The zero-order chi connectivity index (χ0) is 26.5. The third-order valence-electron chi connectivity index (χ3n) is 5.31. The minimum absolute atomic E-state index is 0.00691. The lowest BCUT2D eigenvalue weighted by molar-refractivity contribution is -0.123. The lowest BCUT2D eigenvalue weighted by Crippen LogP contribution is -2.40. The van der Waals surface area contributed by atoms with E-state index in [1.54, 1.807) is 6.92 Å². The third kappa shape index (κ3) is 4.18. The topological polar surface area (TPSA) is 115 Å². The Morgan fingerprint density at radius 2 is 2.06 bits per heavy atom. The number of hydrogen-bond donors (Lipinski definition) is 2. The molecule has 2 aromatic carbocycles. The van der Waals surface area contributed by atoms with E-state index in [0.717, 1.165) is 34.3 Å². The molecule has 5 rings (SSSR count). The van der Waals surface area contributed by atoms with Gasteiger partial charge in [0.05, 0.1) is 24.4 Å². The minimum atomic E-state index is -2.26. The molecule has 2 amide bonds. The molecule has 2 N–H and O–H groups in total. The van der Waals surface area contributed by atoms with Crippen LogP contribution in [0.2, 0.25) is 5.02 Å². The first-order chi connectivity index (χ1) is 17.6. The Morgan fingerprint density at radius 1 is 1.31 bits per heavy atom. The smallest absolute Gasteiger partial charge is 0.374 e. The molecular formula is C23H16ClF2N5O4S. The number of rotatable bonds is 5. The van der Waals surface area contributed by atoms with Crippen LogP contribution in [0.25, 0.3) is 10.1 Å². The molecule has 0 spiro atoms. The highest BCUT2D eigenvalue weighted by Crippen LogP contribution is 2.36. The number of anilines is 1. The number of nitrogens with zero attached hydrogens (tertiary/aromatic N) is 3. The van der Waals surface area contributed by atoms with E-state index in [1.807, 2.05) is 0 Å². The summed E-state index contributed by atoms with van der Waals surface area (Å²) >= 11 is 7.26. The summed E-state index contributed by atoms with van der Waals surface area (Å²) in [5.74, 6) is -4.36. The van der Waals surface area contributed by atoms with Crippen LogP contribution >= 0.6 is 23.1 Å². The molecule has 1 aliphatic heterocycles. The lowest BCUT2D eigenvalue weighted by atomic mass is 10.0. The second-order valence-electron chi connectivity index (χ2n) is 7.61. The van der Waals surface area contributed by atoms with E-state index in [9.17, 15) is 24.5 Å². The maximum atomic E-state index is 14.2. The van der Waals surface area contributed by atoms with Crippen LogP contribution in [0.5, 0.6) is 0 Å². The van der Waals surface area contributed by atoms with Gasteiger partial charge in [0.2, 0.25) is 11.7 Å². The molecular weight excluding hydrogens is 516 g/mol. The maximum Gasteiger partial charge on any atom is 0.374 e. The van der Waals surface area contributed by atoms with Gasteiger partial charge in [0.25, 0.3) is 5.91 Å². The van der Waals surface area contributed by atoms with Crippen molar-refractivity contribution in [3.8, 4) is 0 Å². The monoisotopic (exact) mass is 532 g/mol. The van der Waals surface area contributed by atoms with Gasteiger partial charge < -0.3 is 19.9 Å². The quantitative estimate of drug-likeness (QED) is 0.374. The van der Waals surface area contributed by atoms with Crippen LogP contribution in [-0.2, 0) is 16.1 Å². The first kappa shape index (κ1) is 22.6. The van der Waals surface area contributed by atoms with Crippen LogP contribution in [-0.4, -0.2) is 38.3 Å². The van der Waals surface area contributed by atoms with Crippen LogP contribution in [0, 0.1) is 11.6 Å². The predicted molar refractivity (Wildman–Crippen MR) is 127 cm³/mol. The highest BCUT2D eigenvalue weighted by Gasteiger charge is 2.36. The Morgan fingerprint density at radius 3 is 2.83 bits per heavy atom. The number of esters is 1. The van der Waals surface area contributed by atoms with Crippen molar-refractivity contribution in [2.24, 2.45) is 0 Å². The van der Waals surface area contributed by atoms with Crippen LogP contribution in [0.3, 0.4) is 0 Å². The molecule has 0 saturated carbocycles. The predicted octanol–water partition coefficient (Wildman–Crippen LogP) is 4.07. The van der Waals surface area contributed by atoms with Crippen molar-refractivity contribution in [2.45, 2.75) is 19.5 Å². The summed E-state index contributed by atoms with van der Waals surface area (Å²) in [6, 6.07) is 4.87. The van der Waals surface area contributed by atoms with Gasteiger partial charge >= 0.3 is 5.97 Å². The molecule has 0 fully saturated rings. The normalized spacial score (nSPS) is 17.3. The molecule has 13 heteroatoms. The Balaban J connectivity index is 1.69. The van der Waals surface area contributed by atoms with Crippen LogP contribution in [0.4, 0.5) is 14.6 Å². The number of nitrogens with one attached hydrogen (secondary N) is 2. The van der Waals surface area contributed by atoms with Gasteiger partial charge in [0, 0.05) is 16.0 Å². The fourth-order valence-electron chi connectivity index (χ4n) is 3.81. The molecule has 0 unspecified atom stereocenters. The third-order valence-corrected chi connectivity index (χ3v) is 6.46. The molecule has 184 valence electrons. The second-order valence-corrected chi connectivity index (χ2v) is 8.82. The average molecular weight is 533 g/mol. The number of imidazole rings is 1. The Kier molecular flexibility index (Phi) is 5.82. The average Bonchev–Trinajstić information content (AvgIpc) is 3.42. The molecule has 4 aromatic rings. The SMILES string of the molecule is [2H][C@]1(c2cc(F)ccc2Cl)NC(=O)Cn2c(C(=O)OCC)nc(NC(=O)c3nsc4ccc(F)cc34)c21. The molecule has 1 atom stereocenters. The van der Waals surface area contributed by atoms with E-state index in [1.165, 1.54) is 18.2 Å². The Hall–Kier alpha value is -3.90. The second kappa shape index (κ2) is 9.28. The summed E-state index contributed by atoms with van der Waals surface area (Å²) in [4.78, 5) is 42.7. The van der Waals surface area contributed by atoms with E-state index in [0.29, 0.717) is 4.70 Å². The molecule has 0 saturated heterocycles. The number of carbonyl (C=O) groups is 3. The summed E-state index contributed by atoms with van der Waals surface area (Å²) < 4.78 is 48.0. The molecule has 36 heavy (non-hydrogen) atoms. The largest absolute Gasteiger partial charge is 0.460 e. The highest BCUT2D eigenvalue weighted by atomic mass is 35.5. The molecule has 1 aliphatic rings. The number of fused-ring (bicyclic) bond motifs is 2. The minimum Gasteiger partial charge on any atom is -0.460 e. The van der Waals surface area contributed by atoms with E-state index in [4.69, 9.17) is 16.3 Å². The number of amides is 2. The number of aromatic nitrogens is 3. The fourth-order valence-corrected chi connectivity index (χ4v) is 4.77. The first-order valence-corrected chi connectivity index (χ1v) is 11.7. The number of ether oxygens (including phenoxy) is 1. The molecule has 2 aromatic heterocycles. The lowest BCUT2D eigenvalue weighted by Gasteiger charge is -2.28. The first-order valence-electron chi connectivity index (χ1n) is 11.0. The van der Waals surface area contributed by atoms with Crippen LogP contribution < -0.4 is 10.6 Å². The standard InChI is InChI=1S/C23H16ClF2N5O4S/c1-2-35-23(34)21-28-20(29-22(33)18-13-8-11(26)4-6-15(13)36-30-18)19-17(27-16(32)9-31(19)21)12-7-10(25)3-5-14(12)24/h3-8,17H,2,9H2,1H3,(H,27,32)(H,29,33)/t17-/m1/s1/i17D. The van der Waals surface area contributed by atoms with Crippen molar-refractivity contribution in [3.63, 3.8) is 0 Å². The van der Waals surface area contributed by atoms with Crippen molar-refractivity contribution in [3.05, 3.63) is 75.8 Å². The summed E-state index contributed by atoms with van der Waals surface area (Å²) in [6.45, 7) is 1.12. The van der Waals surface area contributed by atoms with Crippen molar-refractivity contribution in [1.29, 1.82) is 0 Å². The van der Waals surface area contributed by atoms with E-state index in [-0.39, 0.29) is 45.6 Å². The summed E-state index contributed by atoms with van der Waals surface area (Å²) in [5.41, 5.74) is -0.435. The maximum absolute atomic E-state index is 14.2. The Labute approximate surface area is 212 Å².